The number of rotatable bonds is 2. The van der Waals surface area contributed by atoms with E-state index in [1.54, 1.807) is 38.6 Å². The van der Waals surface area contributed by atoms with Gasteiger partial charge < -0.3 is 9.88 Å². The van der Waals surface area contributed by atoms with Gasteiger partial charge in [-0.3, -0.25) is 14.3 Å². The molecule has 0 fully saturated rings. The molecule has 0 aliphatic heterocycles. The normalized spacial score (nSPS) is 10.2. The second kappa shape index (κ2) is 4.25. The Bertz CT molecular complexity index is 585. The number of amides is 1. The highest BCUT2D eigenvalue weighted by molar-refractivity contribution is 6.04. The van der Waals surface area contributed by atoms with Crippen LogP contribution in [0.4, 0.5) is 5.69 Å². The molecule has 2 aromatic heterocycles. The lowest BCUT2D eigenvalue weighted by Crippen LogP contribution is -2.29. The van der Waals surface area contributed by atoms with E-state index < -0.39 is 0 Å². The molecule has 88 valence electrons. The molecule has 0 radical (unpaired) electrons. The Kier molecular flexibility index (Phi) is 2.78. The molecule has 0 atom stereocenters. The van der Waals surface area contributed by atoms with Crippen LogP contribution in [-0.2, 0) is 7.05 Å². The summed E-state index contributed by atoms with van der Waals surface area (Å²) in [7, 11) is 3.18. The van der Waals surface area contributed by atoms with Gasteiger partial charge in [-0.15, -0.1) is 0 Å². The van der Waals surface area contributed by atoms with E-state index in [1.165, 1.54) is 15.7 Å². The molecule has 2 rings (SSSR count). The molecule has 1 amide bonds. The first-order valence-corrected chi connectivity index (χ1v) is 5.03. The van der Waals surface area contributed by atoms with Gasteiger partial charge in [0.25, 0.3) is 5.91 Å². The summed E-state index contributed by atoms with van der Waals surface area (Å²) in [5.41, 5.74) is 0.667. The predicted molar refractivity (Wildman–Crippen MR) is 63.0 cm³/mol. The van der Waals surface area contributed by atoms with Gasteiger partial charge in [0.2, 0.25) is 0 Å². The van der Waals surface area contributed by atoms with Crippen molar-refractivity contribution < 1.29 is 4.79 Å². The van der Waals surface area contributed by atoms with Gasteiger partial charge in [0.05, 0.1) is 11.9 Å². The molecule has 0 saturated heterocycles. The molecular weight excluding hydrogens is 220 g/mol. The van der Waals surface area contributed by atoms with Gasteiger partial charge >= 0.3 is 5.69 Å². The SMILES string of the molecule is CN(C(=O)c1c[nH]c(=O)n1C)c1cccnc1. The fraction of sp³-hybridized carbons (Fsp3) is 0.182. The lowest BCUT2D eigenvalue weighted by atomic mass is 10.3. The van der Waals surface area contributed by atoms with Gasteiger partial charge in [0.1, 0.15) is 5.69 Å². The van der Waals surface area contributed by atoms with Crippen LogP contribution in [0.2, 0.25) is 0 Å². The minimum atomic E-state index is -0.312. The van der Waals surface area contributed by atoms with Crippen molar-refractivity contribution in [1.82, 2.24) is 14.5 Å². The smallest absolute Gasteiger partial charge is 0.312 e. The van der Waals surface area contributed by atoms with Crippen LogP contribution in [0.3, 0.4) is 0 Å². The van der Waals surface area contributed by atoms with Crippen molar-refractivity contribution in [1.29, 1.82) is 0 Å². The monoisotopic (exact) mass is 232 g/mol. The summed E-state index contributed by atoms with van der Waals surface area (Å²) >= 11 is 0. The van der Waals surface area contributed by atoms with Crippen LogP contribution in [0, 0.1) is 0 Å². The van der Waals surface area contributed by atoms with Crippen LogP contribution in [0.15, 0.2) is 35.5 Å². The van der Waals surface area contributed by atoms with Crippen molar-refractivity contribution in [2.24, 2.45) is 7.05 Å². The fourth-order valence-corrected chi connectivity index (χ4v) is 1.48. The van der Waals surface area contributed by atoms with Gasteiger partial charge in [0, 0.05) is 26.5 Å². The number of aromatic amines is 1. The van der Waals surface area contributed by atoms with E-state index in [1.807, 2.05) is 0 Å². The van der Waals surface area contributed by atoms with Crippen LogP contribution in [0.1, 0.15) is 10.5 Å². The number of imidazole rings is 1. The topological polar surface area (TPSA) is 71.0 Å². The molecule has 0 aromatic carbocycles. The second-order valence-corrected chi connectivity index (χ2v) is 3.61. The Labute approximate surface area is 97.5 Å². The summed E-state index contributed by atoms with van der Waals surface area (Å²) in [6, 6.07) is 3.52. The van der Waals surface area contributed by atoms with E-state index in [4.69, 9.17) is 0 Å². The molecule has 0 saturated carbocycles. The molecule has 6 nitrogen and oxygen atoms in total. The van der Waals surface area contributed by atoms with Crippen LogP contribution >= 0.6 is 0 Å². The second-order valence-electron chi connectivity index (χ2n) is 3.61. The third kappa shape index (κ3) is 1.96. The highest BCUT2D eigenvalue weighted by Gasteiger charge is 2.17. The Morgan fingerprint density at radius 2 is 2.29 bits per heavy atom. The summed E-state index contributed by atoms with van der Waals surface area (Å²) < 4.78 is 1.27. The Hall–Kier alpha value is -2.37. The van der Waals surface area contributed by atoms with E-state index in [2.05, 4.69) is 9.97 Å². The average molecular weight is 232 g/mol. The third-order valence-corrected chi connectivity index (χ3v) is 2.56. The zero-order chi connectivity index (χ0) is 12.4. The number of H-pyrrole nitrogens is 1. The van der Waals surface area contributed by atoms with Crippen LogP contribution in [0.5, 0.6) is 0 Å². The maximum Gasteiger partial charge on any atom is 0.325 e. The number of nitrogens with one attached hydrogen (secondary N) is 1. The molecule has 1 N–H and O–H groups in total. The number of nitrogens with zero attached hydrogens (tertiary/aromatic N) is 3. The molecule has 0 unspecified atom stereocenters. The molecule has 17 heavy (non-hydrogen) atoms. The van der Waals surface area contributed by atoms with Gasteiger partial charge in [-0.2, -0.15) is 0 Å². The number of hydrogen-bond acceptors (Lipinski definition) is 3. The Morgan fingerprint density at radius 1 is 1.53 bits per heavy atom. The standard InChI is InChI=1S/C11H12N4O2/c1-14(8-4-3-5-12-6-8)10(16)9-7-13-11(17)15(9)2/h3-7H,1-2H3,(H,13,17). The number of hydrogen-bond donors (Lipinski definition) is 1. The molecule has 6 heteroatoms. The number of anilines is 1. The molecule has 0 spiro atoms. The lowest BCUT2D eigenvalue weighted by Gasteiger charge is -2.16. The Balaban J connectivity index is 2.33. The first kappa shape index (κ1) is 11.1. The van der Waals surface area contributed by atoms with Crippen molar-refractivity contribution in [2.75, 3.05) is 11.9 Å². The zero-order valence-electron chi connectivity index (χ0n) is 9.54. The van der Waals surface area contributed by atoms with Gasteiger partial charge in [-0.25, -0.2) is 4.79 Å². The summed E-state index contributed by atoms with van der Waals surface area (Å²) in [4.78, 5) is 31.2. The molecule has 0 aliphatic carbocycles. The number of pyridine rings is 1. The first-order chi connectivity index (χ1) is 8.11. The zero-order valence-corrected chi connectivity index (χ0v) is 9.54. The summed E-state index contributed by atoms with van der Waals surface area (Å²) in [5, 5.41) is 0. The van der Waals surface area contributed by atoms with E-state index in [9.17, 15) is 9.59 Å². The minimum absolute atomic E-state index is 0.265. The van der Waals surface area contributed by atoms with Gasteiger partial charge in [0.15, 0.2) is 0 Å². The van der Waals surface area contributed by atoms with Crippen molar-refractivity contribution in [3.8, 4) is 0 Å². The minimum Gasteiger partial charge on any atom is -0.312 e. The van der Waals surface area contributed by atoms with Crippen molar-refractivity contribution in [3.05, 3.63) is 46.9 Å². The third-order valence-electron chi connectivity index (χ3n) is 2.56. The molecule has 0 aliphatic rings. The van der Waals surface area contributed by atoms with E-state index >= 15 is 0 Å². The van der Waals surface area contributed by atoms with Crippen molar-refractivity contribution >= 4 is 11.6 Å². The van der Waals surface area contributed by atoms with Crippen LogP contribution in [0.25, 0.3) is 0 Å². The van der Waals surface area contributed by atoms with Crippen molar-refractivity contribution in [2.45, 2.75) is 0 Å². The average Bonchev–Trinajstić information content (AvgIpc) is 2.69. The van der Waals surface area contributed by atoms with Gasteiger partial charge in [-0.05, 0) is 12.1 Å². The van der Waals surface area contributed by atoms with Gasteiger partial charge in [-0.1, -0.05) is 0 Å². The van der Waals surface area contributed by atoms with E-state index in [0.717, 1.165) is 0 Å². The maximum atomic E-state index is 12.1. The maximum absolute atomic E-state index is 12.1. The summed E-state index contributed by atoms with van der Waals surface area (Å²) in [6.07, 6.45) is 4.62. The largest absolute Gasteiger partial charge is 0.325 e. The van der Waals surface area contributed by atoms with Crippen LogP contribution < -0.4 is 10.6 Å². The van der Waals surface area contributed by atoms with Crippen LogP contribution in [-0.4, -0.2) is 27.5 Å². The number of aromatic nitrogens is 3. The highest BCUT2D eigenvalue weighted by Crippen LogP contribution is 2.12. The van der Waals surface area contributed by atoms with E-state index in [-0.39, 0.29) is 11.6 Å². The number of carbonyl (C=O) groups excluding carboxylic acids is 1. The van der Waals surface area contributed by atoms with E-state index in [0.29, 0.717) is 11.4 Å². The lowest BCUT2D eigenvalue weighted by molar-refractivity contribution is 0.0985. The quantitative estimate of drug-likeness (QED) is 0.814. The Morgan fingerprint density at radius 3 is 2.82 bits per heavy atom. The predicted octanol–water partition coefficient (Wildman–Crippen LogP) is 0.385. The fourth-order valence-electron chi connectivity index (χ4n) is 1.48. The summed E-state index contributed by atoms with van der Waals surface area (Å²) in [5.74, 6) is -0.265. The molecular formula is C11H12N4O2. The molecule has 2 aromatic rings. The highest BCUT2D eigenvalue weighted by atomic mass is 16.2. The first-order valence-electron chi connectivity index (χ1n) is 5.03. The molecule has 2 heterocycles. The molecule has 0 bridgehead atoms. The number of carbonyl (C=O) groups is 1. The summed E-state index contributed by atoms with van der Waals surface area (Å²) in [6.45, 7) is 0. The van der Waals surface area contributed by atoms with Crippen molar-refractivity contribution in [3.63, 3.8) is 0 Å².